The molecule has 0 radical (unpaired) electrons. The van der Waals surface area contributed by atoms with Crippen LogP contribution < -0.4 is 29.6 Å². The van der Waals surface area contributed by atoms with Crippen LogP contribution in [0.5, 0.6) is 0 Å². The Bertz CT molecular complexity index is 837. The number of benzene rings is 3. The molecule has 0 spiro atoms. The quantitative estimate of drug-likeness (QED) is 0.273. The topological polar surface area (TPSA) is 92.7 Å². The van der Waals surface area contributed by atoms with Gasteiger partial charge in [0.05, 0.1) is 11.1 Å². The minimum absolute atomic E-state index is 0. The fraction of sp³-hybridized carbons (Fsp3) is 0. The summed E-state index contributed by atoms with van der Waals surface area (Å²) in [7, 11) is 0. The Hall–Kier alpha value is -2.29. The molecule has 8 heteroatoms. The molecule has 3 aromatic carbocycles. The van der Waals surface area contributed by atoms with Gasteiger partial charge in [-0.2, -0.15) is 0 Å². The van der Waals surface area contributed by atoms with Gasteiger partial charge in [0.1, 0.15) is 0 Å². The molecular formula is C20H15NaO6S. The number of hydrogen-bond donors (Lipinski definition) is 0. The third kappa shape index (κ3) is 8.16. The van der Waals surface area contributed by atoms with Crippen LogP contribution in [0.15, 0.2) is 95.9 Å². The smallest absolute Gasteiger partial charge is 0.768 e. The molecule has 0 saturated heterocycles. The zero-order valence-electron chi connectivity index (χ0n) is 15.0. The van der Waals surface area contributed by atoms with Gasteiger partial charge in [0, 0.05) is 4.90 Å². The fourth-order valence-corrected chi connectivity index (χ4v) is 2.23. The molecule has 0 aromatic heterocycles. The molecule has 3 rings (SSSR count). The van der Waals surface area contributed by atoms with Crippen molar-refractivity contribution >= 4 is 23.0 Å². The van der Waals surface area contributed by atoms with Crippen molar-refractivity contribution in [2.75, 3.05) is 0 Å². The van der Waals surface area contributed by atoms with Crippen LogP contribution >= 0.6 is 0 Å². The van der Waals surface area contributed by atoms with Crippen LogP contribution in [-0.4, -0.2) is 20.7 Å². The van der Waals surface area contributed by atoms with Gasteiger partial charge in [0.25, 0.3) is 0 Å². The van der Waals surface area contributed by atoms with Crippen LogP contribution in [-0.2, 0) is 20.9 Å². The molecule has 0 saturated carbocycles. The zero-order valence-corrected chi connectivity index (χ0v) is 17.8. The molecule has 1 unspecified atom stereocenters. The van der Waals surface area contributed by atoms with Gasteiger partial charge in [0.15, 0.2) is 0 Å². The maximum Gasteiger partial charge on any atom is 1.00 e. The summed E-state index contributed by atoms with van der Waals surface area (Å²) in [5, 5.41) is 0. The zero-order chi connectivity index (χ0) is 19.5. The Kier molecular flexibility index (Phi) is 11.0. The van der Waals surface area contributed by atoms with E-state index in [0.717, 1.165) is 0 Å². The minimum Gasteiger partial charge on any atom is -0.768 e. The molecule has 0 aliphatic heterocycles. The summed E-state index contributed by atoms with van der Waals surface area (Å²) in [6, 6.07) is 24.8. The van der Waals surface area contributed by atoms with E-state index in [1.54, 1.807) is 91.0 Å². The van der Waals surface area contributed by atoms with E-state index in [9.17, 15) is 18.4 Å². The van der Waals surface area contributed by atoms with Gasteiger partial charge in [0.2, 0.25) is 0 Å². The van der Waals surface area contributed by atoms with Crippen molar-refractivity contribution in [1.82, 2.24) is 0 Å². The largest absolute Gasteiger partial charge is 1.00 e. The third-order valence-electron chi connectivity index (χ3n) is 3.15. The normalized spacial score (nSPS) is 10.3. The van der Waals surface area contributed by atoms with Crippen molar-refractivity contribution in [2.24, 2.45) is 0 Å². The number of hydrogen-bond acceptors (Lipinski definition) is 6. The molecule has 0 fully saturated rings. The predicted molar refractivity (Wildman–Crippen MR) is 97.3 cm³/mol. The molecule has 0 aliphatic carbocycles. The molecule has 0 N–H and O–H groups in total. The van der Waals surface area contributed by atoms with Crippen molar-refractivity contribution in [3.63, 3.8) is 0 Å². The molecule has 0 amide bonds. The average Bonchev–Trinajstić information content (AvgIpc) is 2.74. The summed E-state index contributed by atoms with van der Waals surface area (Å²) >= 11 is -2.08. The van der Waals surface area contributed by atoms with Gasteiger partial charge in [-0.05, 0) is 47.5 Å². The van der Waals surface area contributed by atoms with E-state index in [-0.39, 0.29) is 29.6 Å². The van der Waals surface area contributed by atoms with Gasteiger partial charge >= 0.3 is 41.5 Å². The van der Waals surface area contributed by atoms with Gasteiger partial charge in [-0.1, -0.05) is 54.6 Å². The Morgan fingerprint density at radius 1 is 0.643 bits per heavy atom. The fourth-order valence-electron chi connectivity index (χ4n) is 1.85. The SMILES string of the molecule is O=C(OOC(=O)c1ccccc1)c1ccccc1.O=S([O-])c1ccccc1.[Na+]. The van der Waals surface area contributed by atoms with E-state index in [2.05, 4.69) is 9.78 Å². The van der Waals surface area contributed by atoms with Gasteiger partial charge in [-0.3, -0.25) is 4.21 Å². The van der Waals surface area contributed by atoms with Crippen LogP contribution in [0.25, 0.3) is 0 Å². The summed E-state index contributed by atoms with van der Waals surface area (Å²) < 4.78 is 20.4. The van der Waals surface area contributed by atoms with Crippen LogP contribution in [0.4, 0.5) is 0 Å². The van der Waals surface area contributed by atoms with Crippen molar-refractivity contribution in [3.8, 4) is 0 Å². The Balaban J connectivity index is 0.000000332. The maximum atomic E-state index is 11.5. The molecule has 6 nitrogen and oxygen atoms in total. The van der Waals surface area contributed by atoms with E-state index in [1.165, 1.54) is 0 Å². The summed E-state index contributed by atoms with van der Waals surface area (Å²) in [6.07, 6.45) is 0. The van der Waals surface area contributed by atoms with Crippen LogP contribution in [0.1, 0.15) is 20.7 Å². The van der Waals surface area contributed by atoms with E-state index >= 15 is 0 Å². The third-order valence-corrected chi connectivity index (χ3v) is 3.80. The second kappa shape index (κ2) is 13.0. The first-order valence-corrected chi connectivity index (χ1v) is 8.83. The van der Waals surface area contributed by atoms with Gasteiger partial charge in [-0.25, -0.2) is 19.4 Å². The van der Waals surface area contributed by atoms with Gasteiger partial charge in [-0.15, -0.1) is 0 Å². The molecule has 0 aliphatic rings. The van der Waals surface area contributed by atoms with Crippen LogP contribution in [0.2, 0.25) is 0 Å². The van der Waals surface area contributed by atoms with Crippen molar-refractivity contribution < 1.29 is 57.7 Å². The first kappa shape index (κ1) is 23.7. The Labute approximate surface area is 187 Å². The standard InChI is InChI=1S/C14H10O4.C6H6O2S.Na/c15-13(11-7-3-1-4-8-11)17-18-14(16)12-9-5-2-6-10-12;7-9(8)6-4-2-1-3-5-6;/h1-10H;1-5H,(H,7,8);/q;;+1/p-1. The monoisotopic (exact) mass is 406 g/mol. The van der Waals surface area contributed by atoms with E-state index < -0.39 is 23.0 Å². The van der Waals surface area contributed by atoms with Crippen LogP contribution in [0.3, 0.4) is 0 Å². The first-order valence-electron chi connectivity index (χ1n) is 7.75. The number of rotatable bonds is 3. The average molecular weight is 406 g/mol. The Morgan fingerprint density at radius 3 is 1.25 bits per heavy atom. The summed E-state index contributed by atoms with van der Waals surface area (Å²) in [4.78, 5) is 32.2. The molecule has 3 aromatic rings. The van der Waals surface area contributed by atoms with Crippen molar-refractivity contribution in [1.29, 1.82) is 0 Å². The maximum absolute atomic E-state index is 11.5. The number of carbonyl (C=O) groups is 2. The summed E-state index contributed by atoms with van der Waals surface area (Å²) in [5.41, 5.74) is 0.636. The van der Waals surface area contributed by atoms with E-state index in [0.29, 0.717) is 16.0 Å². The molecule has 28 heavy (non-hydrogen) atoms. The summed E-state index contributed by atoms with van der Waals surface area (Å²) in [6.45, 7) is 0. The Morgan fingerprint density at radius 2 is 0.964 bits per heavy atom. The van der Waals surface area contributed by atoms with Gasteiger partial charge < -0.3 is 4.55 Å². The van der Waals surface area contributed by atoms with Crippen molar-refractivity contribution in [3.05, 3.63) is 102 Å². The molecule has 0 bridgehead atoms. The predicted octanol–water partition coefficient (Wildman–Crippen LogP) is 0.544. The first-order chi connectivity index (χ1) is 13.1. The number of carbonyl (C=O) groups excluding carboxylic acids is 2. The van der Waals surface area contributed by atoms with Crippen LogP contribution in [0, 0.1) is 0 Å². The molecular weight excluding hydrogens is 391 g/mol. The van der Waals surface area contributed by atoms with Crippen molar-refractivity contribution in [2.45, 2.75) is 4.90 Å². The molecule has 0 heterocycles. The summed E-state index contributed by atoms with van der Waals surface area (Å²) in [5.74, 6) is -1.42. The molecule has 138 valence electrons. The minimum atomic E-state index is -2.08. The van der Waals surface area contributed by atoms with E-state index in [4.69, 9.17) is 0 Å². The second-order valence-corrected chi connectivity index (χ2v) is 5.96. The molecule has 1 atom stereocenters. The van der Waals surface area contributed by atoms with E-state index in [1.807, 2.05) is 0 Å². The second-order valence-electron chi connectivity index (χ2n) is 5.02.